The average molecular weight is 561 g/mol. The standard InChI is InChI=1S/C22H17Cl2F3N4O4S/c23-15-4-1-12(22(25,26)27)9-16(15)28-18(32)11-29-5-7-30(8-6-29)21(33)20-19(24)14-3-2-13(31(34)35)10-17(14)36-20/h1-4,9-10H,5-8,11H2,(H,28,32). The molecule has 0 saturated carbocycles. The summed E-state index contributed by atoms with van der Waals surface area (Å²) in [7, 11) is 0. The van der Waals surface area contributed by atoms with Gasteiger partial charge in [-0.2, -0.15) is 13.2 Å². The summed E-state index contributed by atoms with van der Waals surface area (Å²) in [4.78, 5) is 39.6. The number of carbonyl (C=O) groups excluding carboxylic acids is 2. The number of hydrogen-bond donors (Lipinski definition) is 1. The van der Waals surface area contributed by atoms with Crippen LogP contribution in [0.15, 0.2) is 36.4 Å². The molecule has 1 aromatic heterocycles. The van der Waals surface area contributed by atoms with Gasteiger partial charge in [0.15, 0.2) is 0 Å². The number of nitrogens with zero attached hydrogens (tertiary/aromatic N) is 3. The monoisotopic (exact) mass is 560 g/mol. The molecule has 8 nitrogen and oxygen atoms in total. The summed E-state index contributed by atoms with van der Waals surface area (Å²) in [6.07, 6.45) is -4.57. The van der Waals surface area contributed by atoms with E-state index in [-0.39, 0.29) is 38.7 Å². The van der Waals surface area contributed by atoms with E-state index in [2.05, 4.69) is 5.32 Å². The minimum absolute atomic E-state index is 0.0164. The number of benzene rings is 2. The Morgan fingerprint density at radius 1 is 1.08 bits per heavy atom. The summed E-state index contributed by atoms with van der Waals surface area (Å²) in [5.41, 5.74) is -1.16. The fraction of sp³-hybridized carbons (Fsp3) is 0.273. The minimum atomic E-state index is -4.57. The van der Waals surface area contributed by atoms with E-state index in [1.165, 1.54) is 18.2 Å². The molecule has 1 aliphatic heterocycles. The van der Waals surface area contributed by atoms with Crippen molar-refractivity contribution >= 4 is 67.8 Å². The summed E-state index contributed by atoms with van der Waals surface area (Å²) < 4.78 is 39.3. The number of non-ortho nitro benzene ring substituents is 1. The molecule has 190 valence electrons. The number of thiophene rings is 1. The van der Waals surface area contributed by atoms with Gasteiger partial charge in [0.05, 0.1) is 32.8 Å². The van der Waals surface area contributed by atoms with E-state index in [0.29, 0.717) is 36.3 Å². The molecule has 0 radical (unpaired) electrons. The van der Waals surface area contributed by atoms with Crippen LogP contribution in [-0.4, -0.2) is 59.3 Å². The molecule has 2 amide bonds. The highest BCUT2D eigenvalue weighted by atomic mass is 35.5. The van der Waals surface area contributed by atoms with Crippen LogP contribution >= 0.6 is 34.5 Å². The number of halogens is 5. The molecule has 0 bridgehead atoms. The predicted molar refractivity (Wildman–Crippen MR) is 131 cm³/mol. The zero-order valence-corrected chi connectivity index (χ0v) is 20.6. The number of amides is 2. The van der Waals surface area contributed by atoms with Crippen molar-refractivity contribution in [2.75, 3.05) is 38.0 Å². The number of fused-ring (bicyclic) bond motifs is 1. The molecule has 0 unspecified atom stereocenters. The molecule has 3 aromatic rings. The first-order valence-electron chi connectivity index (χ1n) is 10.5. The molecule has 0 atom stereocenters. The maximum Gasteiger partial charge on any atom is 0.416 e. The van der Waals surface area contributed by atoms with Crippen molar-refractivity contribution in [3.63, 3.8) is 0 Å². The van der Waals surface area contributed by atoms with Crippen LogP contribution in [0.1, 0.15) is 15.2 Å². The number of rotatable bonds is 5. The topological polar surface area (TPSA) is 95.8 Å². The molecule has 1 fully saturated rings. The lowest BCUT2D eigenvalue weighted by atomic mass is 10.2. The van der Waals surface area contributed by atoms with E-state index >= 15 is 0 Å². The maximum atomic E-state index is 13.0. The quantitative estimate of drug-likeness (QED) is 0.327. The van der Waals surface area contributed by atoms with Crippen molar-refractivity contribution in [3.05, 3.63) is 67.0 Å². The zero-order chi connectivity index (χ0) is 26.2. The number of nitro benzene ring substituents is 1. The fourth-order valence-corrected chi connectivity index (χ4v) is 5.43. The molecule has 1 N–H and O–H groups in total. The Kier molecular flexibility index (Phi) is 7.41. The van der Waals surface area contributed by atoms with Gasteiger partial charge >= 0.3 is 6.18 Å². The first-order chi connectivity index (χ1) is 16.9. The number of alkyl halides is 3. The van der Waals surface area contributed by atoms with E-state index in [1.54, 1.807) is 9.80 Å². The van der Waals surface area contributed by atoms with Gasteiger partial charge in [-0.15, -0.1) is 11.3 Å². The van der Waals surface area contributed by atoms with Crippen LogP contribution in [0, 0.1) is 10.1 Å². The number of piperazine rings is 1. The molecule has 36 heavy (non-hydrogen) atoms. The predicted octanol–water partition coefficient (Wildman–Crippen LogP) is 5.53. The number of nitro groups is 1. The number of nitrogens with one attached hydrogen (secondary N) is 1. The Balaban J connectivity index is 1.36. The molecule has 0 aliphatic carbocycles. The van der Waals surface area contributed by atoms with Gasteiger partial charge in [-0.05, 0) is 24.3 Å². The molecular weight excluding hydrogens is 544 g/mol. The smallest absolute Gasteiger partial charge is 0.335 e. The Hall–Kier alpha value is -2.93. The van der Waals surface area contributed by atoms with Crippen LogP contribution in [0.5, 0.6) is 0 Å². The van der Waals surface area contributed by atoms with Gasteiger partial charge < -0.3 is 10.2 Å². The van der Waals surface area contributed by atoms with Crippen LogP contribution in [0.2, 0.25) is 10.0 Å². The van der Waals surface area contributed by atoms with E-state index in [4.69, 9.17) is 23.2 Å². The second-order valence-corrected chi connectivity index (χ2v) is 9.83. The van der Waals surface area contributed by atoms with Gasteiger partial charge in [0.25, 0.3) is 11.6 Å². The van der Waals surface area contributed by atoms with E-state index < -0.39 is 22.6 Å². The normalized spacial score (nSPS) is 14.8. The SMILES string of the molecule is O=C(CN1CCN(C(=O)c2sc3cc([N+](=O)[O-])ccc3c2Cl)CC1)Nc1cc(C(F)(F)F)ccc1Cl. The van der Waals surface area contributed by atoms with E-state index in [0.717, 1.165) is 29.5 Å². The summed E-state index contributed by atoms with van der Waals surface area (Å²) in [5.74, 6) is -0.853. The van der Waals surface area contributed by atoms with Crippen molar-refractivity contribution in [1.82, 2.24) is 9.80 Å². The van der Waals surface area contributed by atoms with Gasteiger partial charge in [0.1, 0.15) is 4.88 Å². The highest BCUT2D eigenvalue weighted by Crippen LogP contribution is 2.38. The largest absolute Gasteiger partial charge is 0.416 e. The van der Waals surface area contributed by atoms with Crippen LogP contribution in [-0.2, 0) is 11.0 Å². The first kappa shape index (κ1) is 26.1. The number of hydrogen-bond acceptors (Lipinski definition) is 6. The van der Waals surface area contributed by atoms with Crippen molar-refractivity contribution in [1.29, 1.82) is 0 Å². The van der Waals surface area contributed by atoms with Crippen molar-refractivity contribution < 1.29 is 27.7 Å². The lowest BCUT2D eigenvalue weighted by molar-refractivity contribution is -0.384. The molecule has 4 rings (SSSR count). The second kappa shape index (κ2) is 10.2. The van der Waals surface area contributed by atoms with Crippen molar-refractivity contribution in [3.8, 4) is 0 Å². The van der Waals surface area contributed by atoms with Gasteiger partial charge in [-0.25, -0.2) is 0 Å². The third-order valence-electron chi connectivity index (χ3n) is 5.61. The third kappa shape index (κ3) is 5.56. The Bertz CT molecular complexity index is 1360. The highest BCUT2D eigenvalue weighted by Gasteiger charge is 2.31. The molecular formula is C22H17Cl2F3N4O4S. The van der Waals surface area contributed by atoms with Crippen LogP contribution in [0.25, 0.3) is 10.1 Å². The molecule has 2 aromatic carbocycles. The zero-order valence-electron chi connectivity index (χ0n) is 18.3. The fourth-order valence-electron chi connectivity index (χ4n) is 3.75. The molecule has 14 heteroatoms. The van der Waals surface area contributed by atoms with Gasteiger partial charge in [0, 0.05) is 48.4 Å². The summed E-state index contributed by atoms with van der Waals surface area (Å²) in [6.45, 7) is 1.19. The van der Waals surface area contributed by atoms with E-state index in [9.17, 15) is 32.9 Å². The Labute approximate surface area is 216 Å². The van der Waals surface area contributed by atoms with Gasteiger partial charge in [-0.1, -0.05) is 23.2 Å². The maximum absolute atomic E-state index is 13.0. The van der Waals surface area contributed by atoms with Crippen molar-refractivity contribution in [2.45, 2.75) is 6.18 Å². The van der Waals surface area contributed by atoms with Crippen LogP contribution < -0.4 is 5.32 Å². The summed E-state index contributed by atoms with van der Waals surface area (Å²) in [6, 6.07) is 6.89. The van der Waals surface area contributed by atoms with Crippen molar-refractivity contribution in [2.24, 2.45) is 0 Å². The lowest BCUT2D eigenvalue weighted by Crippen LogP contribution is -2.50. The molecule has 0 spiro atoms. The second-order valence-electron chi connectivity index (χ2n) is 7.99. The molecule has 1 saturated heterocycles. The van der Waals surface area contributed by atoms with Crippen LogP contribution in [0.4, 0.5) is 24.5 Å². The highest BCUT2D eigenvalue weighted by molar-refractivity contribution is 7.21. The average Bonchev–Trinajstić information content (AvgIpc) is 3.15. The Morgan fingerprint density at radius 3 is 2.42 bits per heavy atom. The van der Waals surface area contributed by atoms with Gasteiger partial charge in [0.2, 0.25) is 5.91 Å². The van der Waals surface area contributed by atoms with Gasteiger partial charge in [-0.3, -0.25) is 24.6 Å². The van der Waals surface area contributed by atoms with Crippen LogP contribution in [0.3, 0.4) is 0 Å². The lowest BCUT2D eigenvalue weighted by Gasteiger charge is -2.34. The third-order valence-corrected chi connectivity index (χ3v) is 7.59. The molecule has 2 heterocycles. The molecule has 1 aliphatic rings. The first-order valence-corrected chi connectivity index (χ1v) is 12.1. The summed E-state index contributed by atoms with van der Waals surface area (Å²) in [5, 5.41) is 14.2. The Morgan fingerprint density at radius 2 is 1.78 bits per heavy atom. The van der Waals surface area contributed by atoms with E-state index in [1.807, 2.05) is 0 Å². The number of anilines is 1. The summed E-state index contributed by atoms with van der Waals surface area (Å²) >= 11 is 13.4. The minimum Gasteiger partial charge on any atom is -0.335 e. The number of carbonyl (C=O) groups is 2.